The number of carbonyl (C=O) groups excluding carboxylic acids is 2. The Morgan fingerprint density at radius 3 is 2.43 bits per heavy atom. The topological polar surface area (TPSA) is 67.9 Å². The molecule has 2 heterocycles. The van der Waals surface area contributed by atoms with Gasteiger partial charge in [0.2, 0.25) is 0 Å². The van der Waals surface area contributed by atoms with Crippen LogP contribution in [0.25, 0.3) is 0 Å². The van der Waals surface area contributed by atoms with Crippen LogP contribution in [0.4, 0.5) is 10.5 Å². The third-order valence-electron chi connectivity index (χ3n) is 4.04. The van der Waals surface area contributed by atoms with Gasteiger partial charge in [0.05, 0.1) is 22.3 Å². The average molecular weight is 359 g/mol. The minimum Gasteiger partial charge on any atom is -0.491 e. The molecule has 23 heavy (non-hydrogen) atoms. The van der Waals surface area contributed by atoms with Crippen LogP contribution in [0.3, 0.4) is 0 Å². The molecule has 1 aromatic carbocycles. The SMILES string of the molecule is CCOc1c(Cl)cc(N2C(=O)NC3(CCOCC3)C2=O)cc1Cl. The van der Waals surface area contributed by atoms with Crippen molar-refractivity contribution in [1.82, 2.24) is 5.32 Å². The summed E-state index contributed by atoms with van der Waals surface area (Å²) in [4.78, 5) is 26.2. The van der Waals surface area contributed by atoms with Crippen molar-refractivity contribution in [2.45, 2.75) is 25.3 Å². The second-order valence-corrected chi connectivity index (χ2v) is 6.25. The Morgan fingerprint density at radius 1 is 1.26 bits per heavy atom. The Bertz CT molecular complexity index is 636. The van der Waals surface area contributed by atoms with E-state index >= 15 is 0 Å². The lowest BCUT2D eigenvalue weighted by atomic mass is 9.90. The molecule has 2 aliphatic heterocycles. The highest BCUT2D eigenvalue weighted by atomic mass is 35.5. The monoisotopic (exact) mass is 358 g/mol. The molecule has 0 radical (unpaired) electrons. The van der Waals surface area contributed by atoms with Crippen LogP contribution in [0.1, 0.15) is 19.8 Å². The predicted molar refractivity (Wildman–Crippen MR) is 86.4 cm³/mol. The molecule has 0 saturated carbocycles. The molecule has 124 valence electrons. The van der Waals surface area contributed by atoms with Crippen molar-refractivity contribution >= 4 is 40.8 Å². The first-order valence-electron chi connectivity index (χ1n) is 7.35. The lowest BCUT2D eigenvalue weighted by molar-refractivity contribution is -0.125. The molecule has 0 aliphatic carbocycles. The maximum Gasteiger partial charge on any atom is 0.329 e. The normalized spacial score (nSPS) is 20.0. The van der Waals surface area contributed by atoms with Gasteiger partial charge in [-0.3, -0.25) is 4.79 Å². The van der Waals surface area contributed by atoms with Crippen LogP contribution >= 0.6 is 23.2 Å². The third-order valence-corrected chi connectivity index (χ3v) is 4.60. The van der Waals surface area contributed by atoms with Gasteiger partial charge in [-0.1, -0.05) is 23.2 Å². The van der Waals surface area contributed by atoms with Gasteiger partial charge in [0, 0.05) is 26.1 Å². The van der Waals surface area contributed by atoms with Crippen molar-refractivity contribution in [3.63, 3.8) is 0 Å². The first-order valence-corrected chi connectivity index (χ1v) is 8.10. The highest BCUT2D eigenvalue weighted by molar-refractivity contribution is 6.38. The molecular formula is C15H16Cl2N2O4. The first kappa shape index (κ1) is 16.4. The van der Waals surface area contributed by atoms with Gasteiger partial charge in [-0.15, -0.1) is 0 Å². The van der Waals surface area contributed by atoms with E-state index in [2.05, 4.69) is 5.32 Å². The van der Waals surface area contributed by atoms with Crippen molar-refractivity contribution in [2.24, 2.45) is 0 Å². The highest BCUT2D eigenvalue weighted by Gasteiger charge is 2.52. The number of nitrogens with one attached hydrogen (secondary N) is 1. The fourth-order valence-electron chi connectivity index (χ4n) is 2.87. The number of anilines is 1. The number of benzene rings is 1. The Kier molecular flexibility index (Phi) is 4.40. The lowest BCUT2D eigenvalue weighted by Gasteiger charge is -2.30. The summed E-state index contributed by atoms with van der Waals surface area (Å²) in [6, 6.07) is 2.54. The van der Waals surface area contributed by atoms with Crippen LogP contribution in [-0.4, -0.2) is 37.3 Å². The van der Waals surface area contributed by atoms with Crippen LogP contribution in [0, 0.1) is 0 Å². The maximum atomic E-state index is 12.8. The molecule has 0 aromatic heterocycles. The van der Waals surface area contributed by atoms with Gasteiger partial charge in [0.1, 0.15) is 5.54 Å². The van der Waals surface area contributed by atoms with Crippen molar-refractivity contribution in [1.29, 1.82) is 0 Å². The summed E-state index contributed by atoms with van der Waals surface area (Å²) in [5, 5.41) is 3.29. The van der Waals surface area contributed by atoms with E-state index in [4.69, 9.17) is 32.7 Å². The standard InChI is InChI=1S/C15H16Cl2N2O4/c1-2-23-12-10(16)7-9(8-11(12)17)19-13(20)15(18-14(19)21)3-5-22-6-4-15/h7-8H,2-6H2,1H3,(H,18,21). The number of ether oxygens (including phenoxy) is 2. The van der Waals surface area contributed by atoms with E-state index in [1.54, 1.807) is 0 Å². The molecule has 2 saturated heterocycles. The van der Waals surface area contributed by atoms with E-state index in [-0.39, 0.29) is 16.0 Å². The molecule has 0 atom stereocenters. The average Bonchev–Trinajstić information content (AvgIpc) is 2.74. The van der Waals surface area contributed by atoms with E-state index in [1.807, 2.05) is 6.92 Å². The Balaban J connectivity index is 1.95. The van der Waals surface area contributed by atoms with Gasteiger partial charge in [-0.05, 0) is 19.1 Å². The van der Waals surface area contributed by atoms with Crippen molar-refractivity contribution < 1.29 is 19.1 Å². The van der Waals surface area contributed by atoms with Gasteiger partial charge in [-0.25, -0.2) is 9.69 Å². The summed E-state index contributed by atoms with van der Waals surface area (Å²) in [6.07, 6.45) is 0.902. The summed E-state index contributed by atoms with van der Waals surface area (Å²) >= 11 is 12.3. The number of urea groups is 1. The number of hydrogen-bond acceptors (Lipinski definition) is 4. The fourth-order valence-corrected chi connectivity index (χ4v) is 3.46. The lowest BCUT2D eigenvalue weighted by Crippen LogP contribution is -2.51. The van der Waals surface area contributed by atoms with Gasteiger partial charge in [0.25, 0.3) is 5.91 Å². The molecule has 2 aliphatic rings. The summed E-state index contributed by atoms with van der Waals surface area (Å²) in [5.74, 6) is 0.0366. The fraction of sp³-hybridized carbons (Fsp3) is 0.467. The Labute approximate surface area is 143 Å². The molecule has 3 rings (SSSR count). The summed E-state index contributed by atoms with van der Waals surface area (Å²) < 4.78 is 10.6. The number of halogens is 2. The number of rotatable bonds is 3. The zero-order chi connectivity index (χ0) is 16.6. The Morgan fingerprint density at radius 2 is 1.87 bits per heavy atom. The van der Waals surface area contributed by atoms with Crippen LogP contribution in [0.2, 0.25) is 10.0 Å². The Hall–Kier alpha value is -1.50. The highest BCUT2D eigenvalue weighted by Crippen LogP contribution is 2.39. The van der Waals surface area contributed by atoms with Gasteiger partial charge in [-0.2, -0.15) is 0 Å². The van der Waals surface area contributed by atoms with Gasteiger partial charge < -0.3 is 14.8 Å². The van der Waals surface area contributed by atoms with Crippen molar-refractivity contribution in [3.05, 3.63) is 22.2 Å². The molecule has 8 heteroatoms. The van der Waals surface area contributed by atoms with E-state index in [0.29, 0.717) is 44.1 Å². The summed E-state index contributed by atoms with van der Waals surface area (Å²) in [7, 11) is 0. The van der Waals surface area contributed by atoms with E-state index < -0.39 is 11.6 Å². The van der Waals surface area contributed by atoms with Gasteiger partial charge in [0.15, 0.2) is 5.75 Å². The van der Waals surface area contributed by atoms with E-state index in [0.717, 1.165) is 4.90 Å². The molecule has 1 N–H and O–H groups in total. The largest absolute Gasteiger partial charge is 0.491 e. The molecule has 2 fully saturated rings. The molecule has 1 spiro atoms. The summed E-state index contributed by atoms with van der Waals surface area (Å²) in [5.41, 5.74) is -0.568. The third kappa shape index (κ3) is 2.75. The van der Waals surface area contributed by atoms with Crippen molar-refractivity contribution in [3.8, 4) is 5.75 Å². The molecule has 0 unspecified atom stereocenters. The van der Waals surface area contributed by atoms with Crippen LogP contribution in [0.15, 0.2) is 12.1 Å². The number of amides is 3. The van der Waals surface area contributed by atoms with Gasteiger partial charge >= 0.3 is 6.03 Å². The van der Waals surface area contributed by atoms with Crippen LogP contribution < -0.4 is 15.0 Å². The zero-order valence-corrected chi connectivity index (χ0v) is 14.0. The zero-order valence-electron chi connectivity index (χ0n) is 12.5. The number of imide groups is 1. The first-order chi connectivity index (χ1) is 11.0. The minimum absolute atomic E-state index is 0.253. The molecule has 0 bridgehead atoms. The summed E-state index contributed by atoms with van der Waals surface area (Å²) in [6.45, 7) is 3.09. The van der Waals surface area contributed by atoms with E-state index in [9.17, 15) is 9.59 Å². The van der Waals surface area contributed by atoms with Crippen LogP contribution in [0.5, 0.6) is 5.75 Å². The van der Waals surface area contributed by atoms with Crippen molar-refractivity contribution in [2.75, 3.05) is 24.7 Å². The second-order valence-electron chi connectivity index (χ2n) is 5.44. The number of nitrogens with zero attached hydrogens (tertiary/aromatic N) is 1. The quantitative estimate of drug-likeness (QED) is 0.843. The molecule has 3 amide bonds. The number of carbonyl (C=O) groups is 2. The van der Waals surface area contributed by atoms with E-state index in [1.165, 1.54) is 12.1 Å². The van der Waals surface area contributed by atoms with Crippen LogP contribution in [-0.2, 0) is 9.53 Å². The minimum atomic E-state index is -0.896. The maximum absolute atomic E-state index is 12.8. The molecule has 6 nitrogen and oxygen atoms in total. The molecular weight excluding hydrogens is 343 g/mol. The smallest absolute Gasteiger partial charge is 0.329 e. The predicted octanol–water partition coefficient (Wildman–Crippen LogP) is 3.00. The molecule has 1 aromatic rings. The number of hydrogen-bond donors (Lipinski definition) is 1. The second kappa shape index (κ2) is 6.19.